The number of nitrogens with zero attached hydrogens (tertiary/aromatic N) is 1. The number of aromatic nitrogens is 1. The summed E-state index contributed by atoms with van der Waals surface area (Å²) in [5.41, 5.74) is -0.243. The molecule has 8 heteroatoms. The highest BCUT2D eigenvalue weighted by Crippen LogP contribution is 2.24. The molecule has 0 radical (unpaired) electrons. The molecular formula is C4H3ClN2O3S2. The molecule has 0 aromatic carbocycles. The summed E-state index contributed by atoms with van der Waals surface area (Å²) in [4.78, 5) is 13.7. The van der Waals surface area contributed by atoms with Crippen molar-refractivity contribution in [3.05, 3.63) is 10.2 Å². The van der Waals surface area contributed by atoms with Crippen LogP contribution in [0.4, 0.5) is 0 Å². The van der Waals surface area contributed by atoms with Gasteiger partial charge >= 0.3 is 0 Å². The van der Waals surface area contributed by atoms with Crippen LogP contribution in [0.25, 0.3) is 0 Å². The van der Waals surface area contributed by atoms with Crippen molar-refractivity contribution < 1.29 is 13.2 Å². The maximum absolute atomic E-state index is 10.8. The fourth-order valence-corrected chi connectivity index (χ4v) is 2.61. The Balaban J connectivity index is 3.42. The lowest BCUT2D eigenvalue weighted by atomic mass is 10.6. The Bertz CT molecular complexity index is 410. The number of sulfonamides is 1. The number of rotatable bonds is 2. The van der Waals surface area contributed by atoms with Crippen molar-refractivity contribution in [2.75, 3.05) is 0 Å². The summed E-state index contributed by atoms with van der Waals surface area (Å²) >= 11 is 6.03. The summed E-state index contributed by atoms with van der Waals surface area (Å²) in [5, 5.41) is 4.77. The third kappa shape index (κ3) is 1.81. The monoisotopic (exact) mass is 226 g/mol. The van der Waals surface area contributed by atoms with Gasteiger partial charge in [-0.25, -0.2) is 18.5 Å². The van der Waals surface area contributed by atoms with Gasteiger partial charge in [0.05, 0.1) is 0 Å². The van der Waals surface area contributed by atoms with Crippen LogP contribution in [0.2, 0.25) is 4.47 Å². The second-order valence-electron chi connectivity index (χ2n) is 1.80. The molecule has 0 unspecified atom stereocenters. The summed E-state index contributed by atoms with van der Waals surface area (Å²) < 4.78 is 21.2. The molecule has 0 fully saturated rings. The number of halogens is 1. The fourth-order valence-electron chi connectivity index (χ4n) is 0.570. The average molecular weight is 227 g/mol. The van der Waals surface area contributed by atoms with Gasteiger partial charge in [-0.3, -0.25) is 4.79 Å². The zero-order valence-corrected chi connectivity index (χ0v) is 7.91. The van der Waals surface area contributed by atoms with Gasteiger partial charge < -0.3 is 0 Å². The van der Waals surface area contributed by atoms with Crippen molar-refractivity contribution in [1.29, 1.82) is 0 Å². The van der Waals surface area contributed by atoms with Crippen LogP contribution in [0.5, 0.6) is 0 Å². The molecule has 0 saturated carbocycles. The number of nitrogens with two attached hydrogens (primary N) is 1. The second kappa shape index (κ2) is 3.09. The molecule has 12 heavy (non-hydrogen) atoms. The van der Waals surface area contributed by atoms with E-state index < -0.39 is 10.0 Å². The van der Waals surface area contributed by atoms with Crippen LogP contribution in [0.3, 0.4) is 0 Å². The predicted molar refractivity (Wildman–Crippen MR) is 43.9 cm³/mol. The van der Waals surface area contributed by atoms with E-state index in [1.807, 2.05) is 0 Å². The van der Waals surface area contributed by atoms with Crippen LogP contribution in [0.15, 0.2) is 4.21 Å². The van der Waals surface area contributed by atoms with Crippen molar-refractivity contribution in [2.24, 2.45) is 5.14 Å². The Morgan fingerprint density at radius 3 is 2.50 bits per heavy atom. The lowest BCUT2D eigenvalue weighted by Crippen LogP contribution is -2.12. The Morgan fingerprint density at radius 2 is 2.17 bits per heavy atom. The number of hydrogen-bond acceptors (Lipinski definition) is 5. The molecule has 5 nitrogen and oxygen atoms in total. The SMILES string of the molecule is NS(=O)(=O)c1sc(Cl)nc1C=O. The number of carbonyl (C=O) groups is 1. The molecular weight excluding hydrogens is 224 g/mol. The minimum atomic E-state index is -3.88. The molecule has 0 aliphatic carbocycles. The molecule has 1 aromatic heterocycles. The first-order chi connectivity index (χ1) is 5.45. The van der Waals surface area contributed by atoms with Gasteiger partial charge in [-0.2, -0.15) is 0 Å². The third-order valence-electron chi connectivity index (χ3n) is 0.964. The van der Waals surface area contributed by atoms with Crippen molar-refractivity contribution >= 4 is 39.2 Å². The lowest BCUT2D eigenvalue weighted by Gasteiger charge is -1.89. The topological polar surface area (TPSA) is 90.1 Å². The minimum absolute atomic E-state index is 0.0267. The highest BCUT2D eigenvalue weighted by Gasteiger charge is 2.18. The minimum Gasteiger partial charge on any atom is -0.296 e. The van der Waals surface area contributed by atoms with E-state index in [0.717, 1.165) is 0 Å². The number of primary sulfonamides is 1. The van der Waals surface area contributed by atoms with Crippen LogP contribution >= 0.6 is 22.9 Å². The van der Waals surface area contributed by atoms with E-state index in [4.69, 9.17) is 16.7 Å². The highest BCUT2D eigenvalue weighted by molar-refractivity contribution is 7.91. The second-order valence-corrected chi connectivity index (χ2v) is 5.14. The van der Waals surface area contributed by atoms with Crippen molar-refractivity contribution in [2.45, 2.75) is 4.21 Å². The largest absolute Gasteiger partial charge is 0.296 e. The highest BCUT2D eigenvalue weighted by atomic mass is 35.5. The van der Waals surface area contributed by atoms with Gasteiger partial charge in [0.15, 0.2) is 15.0 Å². The Morgan fingerprint density at radius 1 is 1.58 bits per heavy atom. The lowest BCUT2D eigenvalue weighted by molar-refractivity contribution is 0.111. The zero-order valence-electron chi connectivity index (χ0n) is 5.52. The van der Waals surface area contributed by atoms with E-state index in [-0.39, 0.29) is 14.4 Å². The van der Waals surface area contributed by atoms with Gasteiger partial charge in [-0.1, -0.05) is 22.9 Å². The van der Waals surface area contributed by atoms with Gasteiger partial charge in [0.2, 0.25) is 10.0 Å². The van der Waals surface area contributed by atoms with Crippen molar-refractivity contribution in [3.8, 4) is 0 Å². The molecule has 0 bridgehead atoms. The molecule has 1 rings (SSSR count). The molecule has 0 amide bonds. The molecule has 0 aliphatic rings. The molecule has 0 atom stereocenters. The van der Waals surface area contributed by atoms with Crippen LogP contribution < -0.4 is 5.14 Å². The van der Waals surface area contributed by atoms with Crippen LogP contribution in [0.1, 0.15) is 10.5 Å². The summed E-state index contributed by atoms with van der Waals surface area (Å²) in [6.07, 6.45) is 0.294. The maximum Gasteiger partial charge on any atom is 0.249 e. The van der Waals surface area contributed by atoms with Gasteiger partial charge in [0.25, 0.3) is 0 Å². The van der Waals surface area contributed by atoms with E-state index in [2.05, 4.69) is 4.98 Å². The number of carbonyl (C=O) groups excluding carboxylic acids is 1. The fraction of sp³-hybridized carbons (Fsp3) is 0. The van der Waals surface area contributed by atoms with Gasteiger partial charge in [-0.05, 0) is 0 Å². The normalized spacial score (nSPS) is 11.5. The maximum atomic E-state index is 10.8. The van der Waals surface area contributed by atoms with E-state index in [9.17, 15) is 13.2 Å². The zero-order chi connectivity index (χ0) is 9.35. The first-order valence-electron chi connectivity index (χ1n) is 2.59. The van der Waals surface area contributed by atoms with E-state index >= 15 is 0 Å². The Hall–Kier alpha value is -0.500. The molecule has 2 N–H and O–H groups in total. The first-order valence-corrected chi connectivity index (χ1v) is 5.33. The molecule has 66 valence electrons. The Labute approximate surface area is 77.2 Å². The molecule has 1 aromatic rings. The third-order valence-corrected chi connectivity index (χ3v) is 3.61. The standard InChI is InChI=1S/C4H3ClN2O3S2/c5-4-7-2(1-8)3(11-4)12(6,9)10/h1H,(H2,6,9,10). The van der Waals surface area contributed by atoms with Crippen molar-refractivity contribution in [1.82, 2.24) is 4.98 Å². The average Bonchev–Trinajstić information content (AvgIpc) is 2.29. The van der Waals surface area contributed by atoms with Crippen LogP contribution in [0, 0.1) is 0 Å². The van der Waals surface area contributed by atoms with E-state index in [1.165, 1.54) is 0 Å². The molecule has 0 spiro atoms. The van der Waals surface area contributed by atoms with Crippen LogP contribution in [-0.4, -0.2) is 19.7 Å². The van der Waals surface area contributed by atoms with E-state index in [0.29, 0.717) is 17.6 Å². The van der Waals surface area contributed by atoms with Gasteiger partial charge in [-0.15, -0.1) is 0 Å². The predicted octanol–water partition coefficient (Wildman–Crippen LogP) is 0.256. The quantitative estimate of drug-likeness (QED) is 0.733. The molecule has 1 heterocycles. The van der Waals surface area contributed by atoms with Crippen LogP contribution in [-0.2, 0) is 10.0 Å². The summed E-state index contributed by atoms with van der Waals surface area (Å²) in [7, 11) is -3.88. The number of hydrogen-bond donors (Lipinski definition) is 1. The number of thiazole rings is 1. The van der Waals surface area contributed by atoms with E-state index in [1.54, 1.807) is 0 Å². The smallest absolute Gasteiger partial charge is 0.249 e. The molecule has 0 aliphatic heterocycles. The number of aldehydes is 1. The Kier molecular flexibility index (Phi) is 2.47. The van der Waals surface area contributed by atoms with Gasteiger partial charge in [0.1, 0.15) is 5.69 Å². The first kappa shape index (κ1) is 9.59. The van der Waals surface area contributed by atoms with Gasteiger partial charge in [0, 0.05) is 0 Å². The summed E-state index contributed by atoms with van der Waals surface area (Å²) in [6.45, 7) is 0. The molecule has 0 saturated heterocycles. The van der Waals surface area contributed by atoms with Crippen molar-refractivity contribution in [3.63, 3.8) is 0 Å². The summed E-state index contributed by atoms with van der Waals surface area (Å²) in [6, 6.07) is 0. The summed E-state index contributed by atoms with van der Waals surface area (Å²) in [5.74, 6) is 0.